The molecule has 7 rings (SSSR count). The van der Waals surface area contributed by atoms with Gasteiger partial charge in [-0.15, -0.1) is 0 Å². The van der Waals surface area contributed by atoms with E-state index in [1.807, 2.05) is 30.3 Å². The van der Waals surface area contributed by atoms with Gasteiger partial charge >= 0.3 is 5.97 Å². The average molecular weight is 614 g/mol. The molecule has 4 aliphatic rings. The van der Waals surface area contributed by atoms with Gasteiger partial charge in [0.2, 0.25) is 0 Å². The van der Waals surface area contributed by atoms with Crippen LogP contribution in [-0.4, -0.2) is 80.2 Å². The number of aryl methyl sites for hydroxylation is 1. The number of pyridine rings is 1. The maximum Gasteiger partial charge on any atom is 0.312 e. The molecule has 45 heavy (non-hydrogen) atoms. The Labute approximate surface area is 265 Å². The summed E-state index contributed by atoms with van der Waals surface area (Å²) >= 11 is 0. The predicted molar refractivity (Wildman–Crippen MR) is 171 cm³/mol. The fourth-order valence-electron chi connectivity index (χ4n) is 7.96. The van der Waals surface area contributed by atoms with E-state index in [4.69, 9.17) is 23.9 Å². The van der Waals surface area contributed by atoms with Crippen molar-refractivity contribution < 1.29 is 28.8 Å². The summed E-state index contributed by atoms with van der Waals surface area (Å²) in [5.74, 6) is 1.87. The predicted octanol–water partition coefficient (Wildman–Crippen LogP) is 5.11. The SMILES string of the molecule is COC[C@H]1N(c2cccc(-c3cccc(C)c3OCc3cc4c(c(OC)c3)CN(C3CCOCC3)CC4)n2)C[C@@H]2C[C@@]21C(=O)O. The number of carboxylic acid groups (broad SMARTS) is 1. The molecule has 9 nitrogen and oxygen atoms in total. The summed E-state index contributed by atoms with van der Waals surface area (Å²) in [5.41, 5.74) is 5.69. The first-order valence-electron chi connectivity index (χ1n) is 16.1. The molecule has 1 N–H and O–H groups in total. The minimum atomic E-state index is -0.746. The summed E-state index contributed by atoms with van der Waals surface area (Å²) in [6, 6.07) is 16.8. The number of carbonyl (C=O) groups is 1. The Bertz CT molecular complexity index is 1560. The van der Waals surface area contributed by atoms with Crippen molar-refractivity contribution in [3.05, 3.63) is 70.8 Å². The van der Waals surface area contributed by atoms with Gasteiger partial charge < -0.3 is 29.0 Å². The van der Waals surface area contributed by atoms with E-state index in [9.17, 15) is 9.90 Å². The van der Waals surface area contributed by atoms with Crippen LogP contribution in [0.5, 0.6) is 11.5 Å². The van der Waals surface area contributed by atoms with Crippen LogP contribution in [0.3, 0.4) is 0 Å². The average Bonchev–Trinajstić information content (AvgIpc) is 3.72. The smallest absolute Gasteiger partial charge is 0.312 e. The normalized spacial score (nSPS) is 24.6. The zero-order valence-corrected chi connectivity index (χ0v) is 26.5. The number of piperidine rings is 1. The van der Waals surface area contributed by atoms with Crippen LogP contribution in [0.25, 0.3) is 11.3 Å². The highest BCUT2D eigenvalue weighted by molar-refractivity contribution is 5.82. The number of hydrogen-bond donors (Lipinski definition) is 1. The van der Waals surface area contributed by atoms with Crippen LogP contribution < -0.4 is 14.4 Å². The first kappa shape index (κ1) is 30.0. The highest BCUT2D eigenvalue weighted by atomic mass is 16.5. The quantitative estimate of drug-likeness (QED) is 0.335. The van der Waals surface area contributed by atoms with E-state index in [-0.39, 0.29) is 12.0 Å². The van der Waals surface area contributed by atoms with Gasteiger partial charge in [0.1, 0.15) is 23.9 Å². The molecular weight excluding hydrogens is 570 g/mol. The third-order valence-electron chi connectivity index (χ3n) is 10.5. The third kappa shape index (κ3) is 5.45. The van der Waals surface area contributed by atoms with Crippen LogP contribution in [0.15, 0.2) is 48.5 Å². The van der Waals surface area contributed by atoms with Gasteiger partial charge in [-0.2, -0.15) is 0 Å². The lowest BCUT2D eigenvalue weighted by Gasteiger charge is -2.38. The summed E-state index contributed by atoms with van der Waals surface area (Å²) in [5, 5.41) is 10.1. The summed E-state index contributed by atoms with van der Waals surface area (Å²) in [6.07, 6.45) is 3.88. The van der Waals surface area contributed by atoms with Gasteiger partial charge in [0, 0.05) is 57.1 Å². The van der Waals surface area contributed by atoms with Gasteiger partial charge in [0.25, 0.3) is 0 Å². The van der Waals surface area contributed by atoms with Gasteiger partial charge in [-0.05, 0) is 79.5 Å². The summed E-state index contributed by atoms with van der Waals surface area (Å²) in [6.45, 7) is 7.14. The van der Waals surface area contributed by atoms with Crippen molar-refractivity contribution in [2.24, 2.45) is 11.3 Å². The lowest BCUT2D eigenvalue weighted by molar-refractivity contribution is -0.144. The van der Waals surface area contributed by atoms with E-state index < -0.39 is 11.4 Å². The summed E-state index contributed by atoms with van der Waals surface area (Å²) < 4.78 is 23.6. The highest BCUT2D eigenvalue weighted by Crippen LogP contribution is 2.62. The summed E-state index contributed by atoms with van der Waals surface area (Å²) in [4.78, 5) is 22.0. The molecule has 2 aromatic carbocycles. The molecule has 2 saturated heterocycles. The van der Waals surface area contributed by atoms with E-state index >= 15 is 0 Å². The Balaban J connectivity index is 1.12. The molecule has 9 heteroatoms. The molecule has 0 amide bonds. The Morgan fingerprint density at radius 2 is 1.96 bits per heavy atom. The zero-order chi connectivity index (χ0) is 31.1. The molecule has 4 heterocycles. The van der Waals surface area contributed by atoms with E-state index in [1.165, 1.54) is 11.1 Å². The molecular formula is C36H43N3O6. The van der Waals surface area contributed by atoms with Crippen molar-refractivity contribution in [1.82, 2.24) is 9.88 Å². The Hall–Kier alpha value is -3.66. The van der Waals surface area contributed by atoms with Gasteiger partial charge in [-0.3, -0.25) is 9.69 Å². The fourth-order valence-corrected chi connectivity index (χ4v) is 7.96. The van der Waals surface area contributed by atoms with E-state index in [2.05, 4.69) is 34.9 Å². The molecule has 0 unspecified atom stereocenters. The van der Waals surface area contributed by atoms with Gasteiger partial charge in [0.15, 0.2) is 0 Å². The largest absolute Gasteiger partial charge is 0.496 e. The summed E-state index contributed by atoms with van der Waals surface area (Å²) in [7, 11) is 3.38. The van der Waals surface area contributed by atoms with Gasteiger partial charge in [-0.1, -0.05) is 24.3 Å². The number of hydrogen-bond acceptors (Lipinski definition) is 8. The Morgan fingerprint density at radius 1 is 1.13 bits per heavy atom. The Kier molecular flexibility index (Phi) is 8.18. The van der Waals surface area contributed by atoms with Gasteiger partial charge in [0.05, 0.1) is 30.9 Å². The molecule has 3 aliphatic heterocycles. The number of aromatic nitrogens is 1. The van der Waals surface area contributed by atoms with E-state index in [0.717, 1.165) is 85.3 Å². The highest BCUT2D eigenvalue weighted by Gasteiger charge is 2.71. The van der Waals surface area contributed by atoms with Crippen LogP contribution in [0.4, 0.5) is 5.82 Å². The zero-order valence-electron chi connectivity index (χ0n) is 26.5. The maximum absolute atomic E-state index is 12.3. The van der Waals surface area contributed by atoms with Crippen LogP contribution in [0.1, 0.15) is 41.5 Å². The van der Waals surface area contributed by atoms with Crippen LogP contribution >= 0.6 is 0 Å². The number of anilines is 1. The number of fused-ring (bicyclic) bond motifs is 2. The number of para-hydroxylation sites is 1. The molecule has 0 bridgehead atoms. The van der Waals surface area contributed by atoms with E-state index in [1.54, 1.807) is 14.2 Å². The molecule has 1 saturated carbocycles. The molecule has 0 spiro atoms. The lowest BCUT2D eigenvalue weighted by atomic mass is 9.94. The van der Waals surface area contributed by atoms with Crippen LogP contribution in [-0.2, 0) is 33.8 Å². The second kappa shape index (κ2) is 12.3. The first-order valence-corrected chi connectivity index (χ1v) is 16.1. The molecule has 3 atom stereocenters. The number of benzene rings is 2. The number of rotatable bonds is 10. The molecule has 3 fully saturated rings. The number of ether oxygens (including phenoxy) is 4. The number of aliphatic carboxylic acids is 1. The number of carboxylic acids is 1. The molecule has 238 valence electrons. The number of methoxy groups -OCH3 is 2. The fraction of sp³-hybridized carbons (Fsp3) is 0.500. The third-order valence-corrected chi connectivity index (χ3v) is 10.5. The second-order valence-corrected chi connectivity index (χ2v) is 13.0. The molecule has 3 aromatic rings. The maximum atomic E-state index is 12.3. The van der Waals surface area contributed by atoms with Crippen molar-refractivity contribution in [3.8, 4) is 22.8 Å². The second-order valence-electron chi connectivity index (χ2n) is 13.0. The van der Waals surface area contributed by atoms with Crippen molar-refractivity contribution in [1.29, 1.82) is 0 Å². The van der Waals surface area contributed by atoms with Crippen LogP contribution in [0, 0.1) is 18.3 Å². The topological polar surface area (TPSA) is 93.6 Å². The monoisotopic (exact) mass is 613 g/mol. The van der Waals surface area contributed by atoms with Crippen molar-refractivity contribution >= 4 is 11.8 Å². The lowest BCUT2D eigenvalue weighted by Crippen LogP contribution is -2.43. The van der Waals surface area contributed by atoms with Crippen molar-refractivity contribution in [2.75, 3.05) is 52.0 Å². The number of nitrogens with zero attached hydrogens (tertiary/aromatic N) is 3. The van der Waals surface area contributed by atoms with Crippen molar-refractivity contribution in [3.63, 3.8) is 0 Å². The standard InChI is InChI=1S/C36H43N3O6/c1-23-6-4-7-28(30-8-5-9-33(37-30)39-19-26-18-36(26,35(40)41)32(39)22-42-2)34(23)45-21-24-16-25-10-13-38(27-11-14-44-15-12-27)20-29(25)31(17-24)43-3/h4-9,16-17,26-27,32H,10-15,18-22H2,1-3H3,(H,40,41)/t26-,32+,36+/m0/s1. The van der Waals surface area contributed by atoms with E-state index in [0.29, 0.717) is 32.2 Å². The first-order chi connectivity index (χ1) is 21.9. The van der Waals surface area contributed by atoms with Gasteiger partial charge in [-0.25, -0.2) is 4.98 Å². The molecule has 1 aliphatic carbocycles. The van der Waals surface area contributed by atoms with Crippen molar-refractivity contribution in [2.45, 2.75) is 57.8 Å². The molecule has 0 radical (unpaired) electrons. The minimum absolute atomic E-state index is 0.122. The Morgan fingerprint density at radius 3 is 2.73 bits per heavy atom. The molecule has 1 aromatic heterocycles. The minimum Gasteiger partial charge on any atom is -0.496 e. The van der Waals surface area contributed by atoms with Crippen LogP contribution in [0.2, 0.25) is 0 Å².